The third-order valence-electron chi connectivity index (χ3n) is 4.89. The summed E-state index contributed by atoms with van der Waals surface area (Å²) in [6.07, 6.45) is 1.67. The quantitative estimate of drug-likeness (QED) is 0.335. The van der Waals surface area contributed by atoms with Gasteiger partial charge in [0.1, 0.15) is 5.75 Å². The summed E-state index contributed by atoms with van der Waals surface area (Å²) in [7, 11) is 0. The molecule has 0 aromatic heterocycles. The van der Waals surface area contributed by atoms with Crippen molar-refractivity contribution in [3.8, 4) is 16.9 Å². The standard InChI is InChI=1S/C26H21NO4/c1-16-13-19(14-17(2)24(16)30-18(3)28)15-23-26(29)31-25(27-23)22-11-9-21(10-12-22)20-7-5-4-6-8-20/h4-15H,1-3H3/b23-15-. The van der Waals surface area contributed by atoms with Gasteiger partial charge in [-0.1, -0.05) is 42.5 Å². The van der Waals surface area contributed by atoms with Crippen LogP contribution in [0.2, 0.25) is 0 Å². The Kier molecular flexibility index (Phi) is 5.50. The van der Waals surface area contributed by atoms with Crippen LogP contribution in [0.1, 0.15) is 29.2 Å². The summed E-state index contributed by atoms with van der Waals surface area (Å²) < 4.78 is 10.6. The molecule has 5 heteroatoms. The normalized spacial score (nSPS) is 14.4. The number of cyclic esters (lactones) is 1. The van der Waals surface area contributed by atoms with Crippen molar-refractivity contribution < 1.29 is 19.1 Å². The molecule has 4 rings (SSSR count). The van der Waals surface area contributed by atoms with Gasteiger partial charge in [0.05, 0.1) is 0 Å². The van der Waals surface area contributed by atoms with E-state index in [0.29, 0.717) is 5.75 Å². The lowest BCUT2D eigenvalue weighted by Gasteiger charge is -2.10. The number of nitrogens with zero attached hydrogens (tertiary/aromatic N) is 1. The monoisotopic (exact) mass is 411 g/mol. The van der Waals surface area contributed by atoms with Gasteiger partial charge in [0.25, 0.3) is 0 Å². The lowest BCUT2D eigenvalue weighted by atomic mass is 10.0. The van der Waals surface area contributed by atoms with Crippen LogP contribution in [0.25, 0.3) is 17.2 Å². The molecule has 1 aliphatic rings. The lowest BCUT2D eigenvalue weighted by Crippen LogP contribution is -2.05. The molecule has 0 unspecified atom stereocenters. The fraction of sp³-hybridized carbons (Fsp3) is 0.115. The van der Waals surface area contributed by atoms with Crippen LogP contribution in [0.4, 0.5) is 0 Å². The van der Waals surface area contributed by atoms with E-state index >= 15 is 0 Å². The maximum Gasteiger partial charge on any atom is 0.363 e. The molecule has 31 heavy (non-hydrogen) atoms. The molecule has 0 atom stereocenters. The van der Waals surface area contributed by atoms with Crippen molar-refractivity contribution in [3.05, 3.63) is 94.7 Å². The summed E-state index contributed by atoms with van der Waals surface area (Å²) in [5.41, 5.74) is 5.52. The van der Waals surface area contributed by atoms with E-state index in [0.717, 1.165) is 33.4 Å². The number of aryl methyl sites for hydroxylation is 2. The van der Waals surface area contributed by atoms with Crippen molar-refractivity contribution >= 4 is 23.9 Å². The molecular formula is C26H21NO4. The zero-order valence-electron chi connectivity index (χ0n) is 17.5. The summed E-state index contributed by atoms with van der Waals surface area (Å²) >= 11 is 0. The number of esters is 2. The Morgan fingerprint density at radius 2 is 1.48 bits per heavy atom. The molecule has 0 saturated carbocycles. The highest BCUT2D eigenvalue weighted by Crippen LogP contribution is 2.28. The average Bonchev–Trinajstić information content (AvgIpc) is 3.11. The second kappa shape index (κ2) is 8.40. The minimum Gasteiger partial charge on any atom is -0.426 e. The Morgan fingerprint density at radius 1 is 0.903 bits per heavy atom. The third kappa shape index (κ3) is 4.46. The molecule has 0 amide bonds. The summed E-state index contributed by atoms with van der Waals surface area (Å²) in [6, 6.07) is 21.5. The Balaban J connectivity index is 1.60. The van der Waals surface area contributed by atoms with Gasteiger partial charge in [-0.3, -0.25) is 4.79 Å². The number of rotatable bonds is 4. The van der Waals surface area contributed by atoms with Gasteiger partial charge in [-0.05, 0) is 72.0 Å². The molecule has 3 aromatic carbocycles. The van der Waals surface area contributed by atoms with E-state index in [4.69, 9.17) is 9.47 Å². The van der Waals surface area contributed by atoms with Crippen molar-refractivity contribution in [2.75, 3.05) is 0 Å². The maximum absolute atomic E-state index is 12.4. The predicted molar refractivity (Wildman–Crippen MR) is 120 cm³/mol. The van der Waals surface area contributed by atoms with Crippen molar-refractivity contribution in [1.29, 1.82) is 0 Å². The van der Waals surface area contributed by atoms with Crippen LogP contribution in [0.15, 0.2) is 77.4 Å². The fourth-order valence-electron chi connectivity index (χ4n) is 3.50. The number of benzene rings is 3. The second-order valence-corrected chi connectivity index (χ2v) is 7.36. The number of carbonyl (C=O) groups excluding carboxylic acids is 2. The van der Waals surface area contributed by atoms with Crippen molar-refractivity contribution in [1.82, 2.24) is 0 Å². The fourth-order valence-corrected chi connectivity index (χ4v) is 3.50. The molecule has 1 aliphatic heterocycles. The van der Waals surface area contributed by atoms with E-state index in [-0.39, 0.29) is 17.6 Å². The van der Waals surface area contributed by atoms with Gasteiger partial charge in [-0.25, -0.2) is 9.79 Å². The first-order valence-corrected chi connectivity index (χ1v) is 9.89. The Morgan fingerprint density at radius 3 is 2.10 bits per heavy atom. The highest BCUT2D eigenvalue weighted by atomic mass is 16.6. The lowest BCUT2D eigenvalue weighted by molar-refractivity contribution is -0.132. The van der Waals surface area contributed by atoms with Crippen LogP contribution in [0.3, 0.4) is 0 Å². The molecular weight excluding hydrogens is 390 g/mol. The van der Waals surface area contributed by atoms with E-state index < -0.39 is 5.97 Å². The van der Waals surface area contributed by atoms with Crippen molar-refractivity contribution in [3.63, 3.8) is 0 Å². The summed E-state index contributed by atoms with van der Waals surface area (Å²) in [4.78, 5) is 28.0. The molecule has 1 heterocycles. The van der Waals surface area contributed by atoms with E-state index in [1.807, 2.05) is 80.6 Å². The van der Waals surface area contributed by atoms with Crippen molar-refractivity contribution in [2.45, 2.75) is 20.8 Å². The predicted octanol–water partition coefficient (Wildman–Crippen LogP) is 5.24. The summed E-state index contributed by atoms with van der Waals surface area (Å²) in [6.45, 7) is 5.07. The number of hydrogen-bond acceptors (Lipinski definition) is 5. The van der Waals surface area contributed by atoms with Crippen LogP contribution < -0.4 is 4.74 Å². The average molecular weight is 411 g/mol. The number of carbonyl (C=O) groups is 2. The zero-order valence-corrected chi connectivity index (χ0v) is 17.5. The molecule has 154 valence electrons. The van der Waals surface area contributed by atoms with Gasteiger partial charge in [0.15, 0.2) is 5.70 Å². The van der Waals surface area contributed by atoms with Crippen LogP contribution in [-0.4, -0.2) is 17.8 Å². The minimum absolute atomic E-state index is 0.223. The van der Waals surface area contributed by atoms with Gasteiger partial charge in [-0.2, -0.15) is 0 Å². The van der Waals surface area contributed by atoms with Gasteiger partial charge >= 0.3 is 11.9 Å². The Labute approximate surface area is 180 Å². The number of aliphatic imine (C=N–C) groups is 1. The SMILES string of the molecule is CC(=O)Oc1c(C)cc(/C=C2\N=C(c3ccc(-c4ccccc4)cc3)OC2=O)cc1C. The van der Waals surface area contributed by atoms with Crippen LogP contribution in [0, 0.1) is 13.8 Å². The first-order valence-electron chi connectivity index (χ1n) is 9.89. The van der Waals surface area contributed by atoms with Crippen molar-refractivity contribution in [2.24, 2.45) is 4.99 Å². The minimum atomic E-state index is -0.499. The van der Waals surface area contributed by atoms with Crippen LogP contribution in [0.5, 0.6) is 5.75 Å². The Hall–Kier alpha value is -3.99. The summed E-state index contributed by atoms with van der Waals surface area (Å²) in [5, 5.41) is 0. The second-order valence-electron chi connectivity index (χ2n) is 7.36. The molecule has 0 radical (unpaired) electrons. The number of ether oxygens (including phenoxy) is 2. The zero-order chi connectivity index (χ0) is 22.0. The van der Waals surface area contributed by atoms with Crippen LogP contribution in [-0.2, 0) is 14.3 Å². The van der Waals surface area contributed by atoms with E-state index in [9.17, 15) is 9.59 Å². The van der Waals surface area contributed by atoms with Gasteiger partial charge in [0, 0.05) is 12.5 Å². The van der Waals surface area contributed by atoms with E-state index in [2.05, 4.69) is 4.99 Å². The molecule has 3 aromatic rings. The van der Waals surface area contributed by atoms with E-state index in [1.54, 1.807) is 6.08 Å². The molecule has 0 fully saturated rings. The van der Waals surface area contributed by atoms with Gasteiger partial charge in [0.2, 0.25) is 5.90 Å². The first-order chi connectivity index (χ1) is 14.9. The highest BCUT2D eigenvalue weighted by molar-refractivity contribution is 6.13. The maximum atomic E-state index is 12.4. The smallest absolute Gasteiger partial charge is 0.363 e. The molecule has 0 bridgehead atoms. The van der Waals surface area contributed by atoms with Gasteiger partial charge in [-0.15, -0.1) is 0 Å². The largest absolute Gasteiger partial charge is 0.426 e. The molecule has 0 N–H and O–H groups in total. The summed E-state index contributed by atoms with van der Waals surface area (Å²) in [5.74, 6) is -0.0575. The Bertz CT molecular complexity index is 1200. The van der Waals surface area contributed by atoms with E-state index in [1.165, 1.54) is 6.92 Å². The topological polar surface area (TPSA) is 65.0 Å². The number of hydrogen-bond donors (Lipinski definition) is 0. The molecule has 5 nitrogen and oxygen atoms in total. The molecule has 0 aliphatic carbocycles. The van der Waals surface area contributed by atoms with Gasteiger partial charge < -0.3 is 9.47 Å². The molecule has 0 saturated heterocycles. The highest BCUT2D eigenvalue weighted by Gasteiger charge is 2.24. The third-order valence-corrected chi connectivity index (χ3v) is 4.89. The van der Waals surface area contributed by atoms with Crippen LogP contribution >= 0.6 is 0 Å². The first kappa shape index (κ1) is 20.3. The molecule has 0 spiro atoms.